The fraction of sp³-hybridized carbons (Fsp3) is 0.143. The molecule has 0 fully saturated rings. The van der Waals surface area contributed by atoms with Crippen LogP contribution in [-0.4, -0.2) is 73.6 Å². The van der Waals surface area contributed by atoms with Gasteiger partial charge in [0.25, 0.3) is 10.3 Å². The molecule has 6 aromatic rings. The minimum absolute atomic E-state index is 0.109. The Morgan fingerprint density at radius 1 is 0.700 bits per heavy atom. The molecule has 254 valence electrons. The zero-order valence-electron chi connectivity index (χ0n) is 25.9. The van der Waals surface area contributed by atoms with Crippen LogP contribution in [0.25, 0.3) is 11.4 Å². The molecule has 18 nitrogen and oxygen atoms in total. The van der Waals surface area contributed by atoms with Gasteiger partial charge in [0, 0.05) is 11.5 Å². The van der Waals surface area contributed by atoms with Crippen LogP contribution in [0, 0.1) is 13.8 Å². The number of nitrogens with two attached hydrogens (primary N) is 2. The lowest BCUT2D eigenvalue weighted by molar-refractivity contribution is 0.0686. The van der Waals surface area contributed by atoms with E-state index in [1.165, 1.54) is 79.8 Å². The maximum atomic E-state index is 11.3. The molecule has 0 aliphatic carbocycles. The monoisotopic (exact) mass is 748 g/mol. The smallest absolute Gasteiger partial charge is 0.335 e. The van der Waals surface area contributed by atoms with E-state index in [2.05, 4.69) is 51.0 Å². The van der Waals surface area contributed by atoms with Crippen molar-refractivity contribution in [1.82, 2.24) is 40.0 Å². The van der Waals surface area contributed by atoms with Gasteiger partial charge >= 0.3 is 11.9 Å². The Kier molecular flexibility index (Phi) is 10.2. The summed E-state index contributed by atoms with van der Waals surface area (Å²) in [7, 11) is 0. The topological polar surface area (TPSA) is 263 Å². The van der Waals surface area contributed by atoms with Crippen molar-refractivity contribution < 1.29 is 19.8 Å². The van der Waals surface area contributed by atoms with Gasteiger partial charge in [0.2, 0.25) is 0 Å². The van der Waals surface area contributed by atoms with E-state index in [0.717, 1.165) is 0 Å². The number of nitrogen functional groups attached to an aromatic ring is 2. The minimum Gasteiger partial charge on any atom is -0.478 e. The predicted octanol–water partition coefficient (Wildman–Crippen LogP) is 6.65. The summed E-state index contributed by atoms with van der Waals surface area (Å²) >= 11 is 5.56. The molecule has 0 aliphatic heterocycles. The normalized spacial score (nSPS) is 11.6. The maximum Gasteiger partial charge on any atom is 0.335 e. The highest BCUT2D eigenvalue weighted by molar-refractivity contribution is 8.04. The summed E-state index contributed by atoms with van der Waals surface area (Å²) in [5.74, 6) is -0.276. The van der Waals surface area contributed by atoms with Gasteiger partial charge in [-0.1, -0.05) is 58.3 Å². The molecule has 6 N–H and O–H groups in total. The van der Waals surface area contributed by atoms with Crippen LogP contribution in [0.3, 0.4) is 0 Å². The molecule has 0 radical (unpaired) electrons. The van der Waals surface area contributed by atoms with Gasteiger partial charge in [0.05, 0.1) is 33.9 Å². The van der Waals surface area contributed by atoms with E-state index >= 15 is 0 Å². The van der Waals surface area contributed by atoms with Crippen molar-refractivity contribution in [3.05, 3.63) is 71.0 Å². The lowest BCUT2D eigenvalue weighted by Crippen LogP contribution is -2.04. The number of rotatable bonds is 13. The number of carbonyl (C=O) groups is 2. The number of azo groups is 2. The largest absolute Gasteiger partial charge is 0.478 e. The van der Waals surface area contributed by atoms with Crippen molar-refractivity contribution in [1.29, 1.82) is 0 Å². The first-order valence-corrected chi connectivity index (χ1v) is 17.8. The molecule has 2 aromatic carbocycles. The first-order valence-electron chi connectivity index (χ1n) is 14.2. The Morgan fingerprint density at radius 2 is 1.12 bits per heavy atom. The molecule has 0 amide bonds. The van der Waals surface area contributed by atoms with Crippen molar-refractivity contribution in [2.24, 2.45) is 20.5 Å². The molecule has 0 bridgehead atoms. The third-order valence-corrected chi connectivity index (χ3v) is 10.7. The SMILES string of the molecule is Cc1nn(-c2cccc(C(=O)O)c2)c(N)c1/N=N/c1nnc(SCCSc2nnc(/N=N/c3c(C)nn(-c4cccc(C(=O)O)c4)c3N)s2)s1. The Hall–Kier alpha value is -5.58. The zero-order valence-corrected chi connectivity index (χ0v) is 29.2. The van der Waals surface area contributed by atoms with Crippen molar-refractivity contribution in [2.45, 2.75) is 22.5 Å². The molecule has 0 saturated heterocycles. The highest BCUT2D eigenvalue weighted by Gasteiger charge is 2.17. The summed E-state index contributed by atoms with van der Waals surface area (Å²) < 4.78 is 4.25. The van der Waals surface area contributed by atoms with Gasteiger partial charge in [0.1, 0.15) is 0 Å². The second kappa shape index (κ2) is 14.9. The van der Waals surface area contributed by atoms with Gasteiger partial charge in [-0.3, -0.25) is 0 Å². The van der Waals surface area contributed by atoms with Crippen LogP contribution in [0.4, 0.5) is 33.3 Å². The van der Waals surface area contributed by atoms with Crippen molar-refractivity contribution in [3.63, 3.8) is 0 Å². The number of aromatic carboxylic acids is 2. The summed E-state index contributed by atoms with van der Waals surface area (Å²) in [5.41, 5.74) is 15.4. The van der Waals surface area contributed by atoms with Crippen LogP contribution in [0.5, 0.6) is 0 Å². The van der Waals surface area contributed by atoms with Crippen LogP contribution in [0.15, 0.2) is 77.7 Å². The van der Waals surface area contributed by atoms with Crippen molar-refractivity contribution in [2.75, 3.05) is 23.0 Å². The minimum atomic E-state index is -1.06. The van der Waals surface area contributed by atoms with E-state index in [0.29, 0.717) is 64.6 Å². The molecule has 0 unspecified atom stereocenters. The number of carboxylic acids is 2. The van der Waals surface area contributed by atoms with Gasteiger partial charge in [-0.25, -0.2) is 19.0 Å². The van der Waals surface area contributed by atoms with Crippen LogP contribution in [-0.2, 0) is 0 Å². The first kappa shape index (κ1) is 34.3. The number of thioether (sulfide) groups is 2. The summed E-state index contributed by atoms with van der Waals surface area (Å²) in [5, 5.41) is 61.4. The molecule has 50 heavy (non-hydrogen) atoms. The summed E-state index contributed by atoms with van der Waals surface area (Å²) in [4.78, 5) is 22.7. The second-order valence-corrected chi connectivity index (χ2v) is 14.6. The predicted molar refractivity (Wildman–Crippen MR) is 189 cm³/mol. The number of carboxylic acid groups (broad SMARTS) is 2. The van der Waals surface area contributed by atoms with Crippen LogP contribution in [0.1, 0.15) is 32.1 Å². The number of anilines is 2. The third-order valence-electron chi connectivity index (χ3n) is 6.60. The van der Waals surface area contributed by atoms with Crippen molar-refractivity contribution >= 4 is 91.4 Å². The summed E-state index contributed by atoms with van der Waals surface area (Å²) in [6.45, 7) is 3.45. The molecule has 4 heterocycles. The van der Waals surface area contributed by atoms with E-state index in [1.54, 1.807) is 38.1 Å². The molecular weight excluding hydrogens is 725 g/mol. The fourth-order valence-electron chi connectivity index (χ4n) is 4.30. The van der Waals surface area contributed by atoms with Gasteiger partial charge in [-0.15, -0.1) is 40.9 Å². The van der Waals surface area contributed by atoms with E-state index < -0.39 is 11.9 Å². The fourth-order valence-corrected chi connectivity index (χ4v) is 7.74. The number of hydrogen-bond donors (Lipinski definition) is 4. The quantitative estimate of drug-likeness (QED) is 0.0547. The lowest BCUT2D eigenvalue weighted by atomic mass is 10.2. The summed E-state index contributed by atoms with van der Waals surface area (Å²) in [6.07, 6.45) is 0. The van der Waals surface area contributed by atoms with E-state index in [9.17, 15) is 19.8 Å². The molecule has 0 saturated carbocycles. The average Bonchev–Trinajstić information content (AvgIpc) is 3.88. The highest BCUT2D eigenvalue weighted by Crippen LogP contribution is 2.35. The number of aryl methyl sites for hydroxylation is 2. The molecule has 6 rings (SSSR count). The third kappa shape index (κ3) is 7.67. The van der Waals surface area contributed by atoms with Crippen LogP contribution >= 0.6 is 46.2 Å². The maximum absolute atomic E-state index is 11.3. The Labute approximate surface area is 298 Å². The van der Waals surface area contributed by atoms with Crippen LogP contribution in [0.2, 0.25) is 0 Å². The van der Waals surface area contributed by atoms with E-state index in [-0.39, 0.29) is 22.8 Å². The molecule has 0 aliphatic rings. The first-order chi connectivity index (χ1) is 24.1. The molecule has 0 spiro atoms. The average molecular weight is 749 g/mol. The van der Waals surface area contributed by atoms with Gasteiger partial charge in [-0.05, 0) is 50.2 Å². The number of hydrogen-bond acceptors (Lipinski definition) is 18. The van der Waals surface area contributed by atoms with Gasteiger partial charge < -0.3 is 21.7 Å². The lowest BCUT2D eigenvalue weighted by Gasteiger charge is -2.04. The molecular formula is C28H24N14O4S4. The molecule has 4 aromatic heterocycles. The Bertz CT molecular complexity index is 2120. The summed E-state index contributed by atoms with van der Waals surface area (Å²) in [6, 6.07) is 12.5. The van der Waals surface area contributed by atoms with Gasteiger partial charge in [-0.2, -0.15) is 10.2 Å². The zero-order chi connectivity index (χ0) is 35.4. The van der Waals surface area contributed by atoms with Gasteiger partial charge in [0.15, 0.2) is 31.7 Å². The Morgan fingerprint density at radius 3 is 1.52 bits per heavy atom. The van der Waals surface area contributed by atoms with Crippen molar-refractivity contribution in [3.8, 4) is 11.4 Å². The van der Waals surface area contributed by atoms with E-state index in [1.807, 2.05) is 0 Å². The van der Waals surface area contributed by atoms with Crippen LogP contribution < -0.4 is 11.5 Å². The Balaban J connectivity index is 1.01. The number of benzene rings is 2. The molecule has 22 heteroatoms. The van der Waals surface area contributed by atoms with E-state index in [4.69, 9.17) is 11.5 Å². The highest BCUT2D eigenvalue weighted by atomic mass is 32.2. The number of nitrogens with zero attached hydrogens (tertiary/aromatic N) is 12. The number of aromatic nitrogens is 8. The standard InChI is InChI=1S/C28H24N14O4S4/c1-13-19(21(29)41(39-13)17-7-3-5-15(11-17)23(43)44)31-33-25-35-37-27(49-25)47-9-10-48-28-38-36-26(50-28)34-32-20-14(2)40-42(22(20)30)18-8-4-6-16(12-18)24(45)46/h3-8,11-12H,9-10,29-30H2,1-2H3,(H,43,44)(H,45,46)/b33-31+,34-32+. The molecule has 0 atom stereocenters. The second-order valence-electron chi connectivity index (χ2n) is 9.97.